The largest absolute Gasteiger partial charge is 0.496 e. The van der Waals surface area contributed by atoms with Crippen LogP contribution in [0.1, 0.15) is 15.9 Å². The highest BCUT2D eigenvalue weighted by atomic mass is 35.5. The number of carbonyl (C=O) groups is 1. The van der Waals surface area contributed by atoms with Gasteiger partial charge in [-0.05, 0) is 48.9 Å². The fourth-order valence-electron chi connectivity index (χ4n) is 2.30. The van der Waals surface area contributed by atoms with Crippen LogP contribution in [0.5, 0.6) is 5.75 Å². The number of esters is 1. The normalized spacial score (nSPS) is 11.1. The number of benzene rings is 2. The second-order valence-corrected chi connectivity index (χ2v) is 7.64. The van der Waals surface area contributed by atoms with Crippen LogP contribution in [0, 0.1) is 6.92 Å². The van der Waals surface area contributed by atoms with Crippen LogP contribution in [0.15, 0.2) is 41.3 Å². The van der Waals surface area contributed by atoms with Gasteiger partial charge in [0.25, 0.3) is 10.0 Å². The fourth-order valence-corrected chi connectivity index (χ4v) is 3.88. The first-order valence-electron chi connectivity index (χ1n) is 7.23. The minimum atomic E-state index is -3.87. The number of nitrogens with zero attached hydrogens (tertiary/aromatic N) is 1. The second kappa shape index (κ2) is 7.33. The third-order valence-electron chi connectivity index (χ3n) is 3.73. The molecule has 0 aliphatic carbocycles. The second-order valence-electron chi connectivity index (χ2n) is 5.26. The summed E-state index contributed by atoms with van der Waals surface area (Å²) in [4.78, 5) is 11.8. The predicted octanol–water partition coefficient (Wildman–Crippen LogP) is 3.27. The predicted molar refractivity (Wildman–Crippen MR) is 96.1 cm³/mol. The number of sulfonamides is 1. The van der Waals surface area contributed by atoms with E-state index in [1.165, 1.54) is 51.6 Å². The number of ether oxygens (including phenoxy) is 2. The van der Waals surface area contributed by atoms with Crippen LogP contribution >= 0.6 is 11.6 Å². The smallest absolute Gasteiger partial charge is 0.337 e. The zero-order valence-corrected chi connectivity index (χ0v) is 15.8. The molecule has 0 N–H and O–H groups in total. The molecule has 0 bridgehead atoms. The molecule has 8 heteroatoms. The summed E-state index contributed by atoms with van der Waals surface area (Å²) in [5.41, 5.74) is 1.07. The lowest BCUT2D eigenvalue weighted by atomic mass is 10.2. The van der Waals surface area contributed by atoms with Crippen molar-refractivity contribution in [3.63, 3.8) is 0 Å². The molecule has 0 radical (unpaired) electrons. The Balaban J connectivity index is 2.50. The summed E-state index contributed by atoms with van der Waals surface area (Å²) in [6.07, 6.45) is 0. The molecule has 0 atom stereocenters. The first kappa shape index (κ1) is 19.1. The maximum Gasteiger partial charge on any atom is 0.337 e. The van der Waals surface area contributed by atoms with E-state index < -0.39 is 16.0 Å². The maximum atomic E-state index is 12.9. The van der Waals surface area contributed by atoms with Crippen molar-refractivity contribution in [3.8, 4) is 5.75 Å². The molecule has 6 nitrogen and oxygen atoms in total. The Bertz CT molecular complexity index is 911. The number of hydrogen-bond acceptors (Lipinski definition) is 5. The number of anilines is 1. The van der Waals surface area contributed by atoms with Crippen LogP contribution < -0.4 is 9.04 Å². The fraction of sp³-hybridized carbons (Fsp3) is 0.235. The average Bonchev–Trinajstić information content (AvgIpc) is 2.60. The number of aryl methyl sites for hydroxylation is 1. The molecule has 2 aromatic rings. The Kier molecular flexibility index (Phi) is 5.59. The number of methoxy groups -OCH3 is 2. The molecule has 0 saturated heterocycles. The Morgan fingerprint density at radius 3 is 2.36 bits per heavy atom. The zero-order chi connectivity index (χ0) is 18.8. The molecule has 2 rings (SSSR count). The van der Waals surface area contributed by atoms with Crippen molar-refractivity contribution >= 4 is 33.3 Å². The van der Waals surface area contributed by atoms with Crippen LogP contribution in [0.2, 0.25) is 5.02 Å². The summed E-state index contributed by atoms with van der Waals surface area (Å²) in [5, 5.41) is 0.198. The summed E-state index contributed by atoms with van der Waals surface area (Å²) in [6.45, 7) is 1.75. The number of carbonyl (C=O) groups excluding carboxylic acids is 1. The number of hydrogen-bond donors (Lipinski definition) is 0. The summed E-state index contributed by atoms with van der Waals surface area (Å²) < 4.78 is 36.6. The molecule has 2 aromatic carbocycles. The van der Waals surface area contributed by atoms with Gasteiger partial charge in [0, 0.05) is 7.05 Å². The molecular weight excluding hydrogens is 366 g/mol. The van der Waals surface area contributed by atoms with E-state index in [4.69, 9.17) is 16.3 Å². The first-order chi connectivity index (χ1) is 11.7. The maximum absolute atomic E-state index is 12.9. The molecule has 0 fully saturated rings. The highest BCUT2D eigenvalue weighted by molar-refractivity contribution is 7.92. The van der Waals surface area contributed by atoms with Gasteiger partial charge in [0.15, 0.2) is 0 Å². The van der Waals surface area contributed by atoms with Crippen LogP contribution in [0.3, 0.4) is 0 Å². The molecule has 0 amide bonds. The zero-order valence-electron chi connectivity index (χ0n) is 14.2. The van der Waals surface area contributed by atoms with Gasteiger partial charge < -0.3 is 9.47 Å². The van der Waals surface area contributed by atoms with E-state index in [2.05, 4.69) is 4.74 Å². The van der Waals surface area contributed by atoms with Gasteiger partial charge in [-0.2, -0.15) is 0 Å². The van der Waals surface area contributed by atoms with Crippen LogP contribution in [-0.2, 0) is 14.8 Å². The molecule has 25 heavy (non-hydrogen) atoms. The summed E-state index contributed by atoms with van der Waals surface area (Å²) >= 11 is 6.13. The molecule has 0 aliphatic heterocycles. The average molecular weight is 384 g/mol. The van der Waals surface area contributed by atoms with Crippen molar-refractivity contribution in [2.45, 2.75) is 11.8 Å². The van der Waals surface area contributed by atoms with Gasteiger partial charge in [0.2, 0.25) is 0 Å². The lowest BCUT2D eigenvalue weighted by Gasteiger charge is -2.21. The van der Waals surface area contributed by atoms with E-state index in [1.807, 2.05) is 0 Å². The Morgan fingerprint density at radius 2 is 1.80 bits per heavy atom. The third kappa shape index (κ3) is 3.72. The van der Waals surface area contributed by atoms with E-state index in [-0.39, 0.29) is 21.2 Å². The highest BCUT2D eigenvalue weighted by Gasteiger charge is 2.24. The van der Waals surface area contributed by atoms with Crippen molar-refractivity contribution in [2.75, 3.05) is 25.6 Å². The van der Waals surface area contributed by atoms with E-state index in [0.29, 0.717) is 11.3 Å². The molecular formula is C17H18ClNO5S. The van der Waals surface area contributed by atoms with E-state index >= 15 is 0 Å². The van der Waals surface area contributed by atoms with Gasteiger partial charge in [0.1, 0.15) is 5.75 Å². The van der Waals surface area contributed by atoms with Crippen LogP contribution in [-0.4, -0.2) is 35.7 Å². The van der Waals surface area contributed by atoms with Crippen molar-refractivity contribution in [1.82, 2.24) is 0 Å². The van der Waals surface area contributed by atoms with Crippen LogP contribution in [0.25, 0.3) is 0 Å². The first-order valence-corrected chi connectivity index (χ1v) is 9.05. The molecule has 0 aromatic heterocycles. The molecule has 0 spiro atoms. The van der Waals surface area contributed by atoms with E-state index in [1.54, 1.807) is 13.0 Å². The third-order valence-corrected chi connectivity index (χ3v) is 5.82. The van der Waals surface area contributed by atoms with Gasteiger partial charge in [-0.1, -0.05) is 11.6 Å². The summed E-state index contributed by atoms with van der Waals surface area (Å²) in [5.74, 6) is 0.0105. The lowest BCUT2D eigenvalue weighted by molar-refractivity contribution is 0.0601. The van der Waals surface area contributed by atoms with E-state index in [0.717, 1.165) is 4.31 Å². The molecule has 0 unspecified atom stereocenters. The topological polar surface area (TPSA) is 72.9 Å². The quantitative estimate of drug-likeness (QED) is 0.741. The summed E-state index contributed by atoms with van der Waals surface area (Å²) in [7, 11) is 0.264. The molecule has 0 heterocycles. The summed E-state index contributed by atoms with van der Waals surface area (Å²) in [6, 6.07) is 8.85. The van der Waals surface area contributed by atoms with Crippen molar-refractivity contribution < 1.29 is 22.7 Å². The van der Waals surface area contributed by atoms with E-state index in [9.17, 15) is 13.2 Å². The van der Waals surface area contributed by atoms with Crippen molar-refractivity contribution in [3.05, 3.63) is 52.5 Å². The van der Waals surface area contributed by atoms with Gasteiger partial charge in [-0.15, -0.1) is 0 Å². The minimum Gasteiger partial charge on any atom is -0.496 e. The molecule has 0 saturated carbocycles. The number of halogens is 1. The monoisotopic (exact) mass is 383 g/mol. The van der Waals surface area contributed by atoms with Crippen LogP contribution in [0.4, 0.5) is 5.69 Å². The van der Waals surface area contributed by atoms with Crippen molar-refractivity contribution in [1.29, 1.82) is 0 Å². The molecule has 134 valence electrons. The van der Waals surface area contributed by atoms with Crippen molar-refractivity contribution in [2.24, 2.45) is 0 Å². The van der Waals surface area contributed by atoms with Gasteiger partial charge >= 0.3 is 5.97 Å². The Labute approximate surface area is 152 Å². The molecule has 0 aliphatic rings. The minimum absolute atomic E-state index is 0.0906. The number of rotatable bonds is 5. The Morgan fingerprint density at radius 1 is 1.12 bits per heavy atom. The standard InChI is InChI=1S/C17H18ClNO5S/c1-11-9-13(6-8-16(11)23-3)25(21,22)19(2)15-10-12(17(20)24-4)5-7-14(15)18/h5-10H,1-4H3. The van der Waals surface area contributed by atoms with Gasteiger partial charge in [-0.3, -0.25) is 4.31 Å². The van der Waals surface area contributed by atoms with Gasteiger partial charge in [-0.25, -0.2) is 13.2 Å². The Hall–Kier alpha value is -2.25. The highest BCUT2D eigenvalue weighted by Crippen LogP contribution is 2.31. The SMILES string of the molecule is COC(=O)c1ccc(Cl)c(N(C)S(=O)(=O)c2ccc(OC)c(C)c2)c1. The van der Waals surface area contributed by atoms with Gasteiger partial charge in [0.05, 0.1) is 35.4 Å². The lowest BCUT2D eigenvalue weighted by Crippen LogP contribution is -2.27.